The zero-order valence-electron chi connectivity index (χ0n) is 22.4. The van der Waals surface area contributed by atoms with Gasteiger partial charge in [0, 0.05) is 19.2 Å². The van der Waals surface area contributed by atoms with Gasteiger partial charge < -0.3 is 14.5 Å². The molecule has 0 radical (unpaired) electrons. The highest BCUT2D eigenvalue weighted by atomic mass is 35.5. The van der Waals surface area contributed by atoms with E-state index >= 15 is 0 Å². The molecule has 0 amide bonds. The number of benzene rings is 2. The molecule has 0 aliphatic carbocycles. The number of halogens is 1. The first kappa shape index (κ1) is 25.6. The second-order valence-corrected chi connectivity index (χ2v) is 11.9. The number of nitrogens with zero attached hydrogens (tertiary/aromatic N) is 4. The van der Waals surface area contributed by atoms with E-state index in [1.807, 2.05) is 26.0 Å². The Kier molecular flexibility index (Phi) is 6.06. The van der Waals surface area contributed by atoms with Gasteiger partial charge in [-0.15, -0.1) is 0 Å². The SMILES string of the molecule is CC(C)C(C(=O)O)c1cc(N2CCC(c3ccc4c(c3)C(C)(C)c3nc(=O)c5c(Cl)cccc5n3-4)CC2)no1. The lowest BCUT2D eigenvalue weighted by Gasteiger charge is -2.32. The number of carboxylic acids is 1. The van der Waals surface area contributed by atoms with Crippen LogP contribution in [0.1, 0.15) is 75.1 Å². The number of hydrogen-bond donors (Lipinski definition) is 1. The average Bonchev–Trinajstić information content (AvgIpc) is 3.45. The molecule has 1 fully saturated rings. The lowest BCUT2D eigenvalue weighted by Crippen LogP contribution is -2.33. The first-order valence-electron chi connectivity index (χ1n) is 13.4. The molecule has 1 N–H and O–H groups in total. The molecule has 4 aromatic rings. The van der Waals surface area contributed by atoms with Gasteiger partial charge in [0.05, 0.1) is 27.0 Å². The average molecular weight is 547 g/mol. The third-order valence-corrected chi connectivity index (χ3v) is 8.72. The number of fused-ring (bicyclic) bond motifs is 5. The van der Waals surface area contributed by atoms with Gasteiger partial charge in [-0.05, 0) is 67.9 Å². The van der Waals surface area contributed by atoms with Gasteiger partial charge in [-0.3, -0.25) is 14.2 Å². The number of aliphatic carboxylic acids is 1. The highest BCUT2D eigenvalue weighted by Gasteiger charge is 2.39. The minimum absolute atomic E-state index is 0.0900. The maximum absolute atomic E-state index is 12.9. The molecule has 1 atom stereocenters. The summed E-state index contributed by atoms with van der Waals surface area (Å²) in [5, 5.41) is 14.6. The van der Waals surface area contributed by atoms with Crippen molar-refractivity contribution in [3.05, 3.63) is 80.6 Å². The lowest BCUT2D eigenvalue weighted by atomic mass is 9.81. The lowest BCUT2D eigenvalue weighted by molar-refractivity contribution is -0.140. The van der Waals surface area contributed by atoms with Crippen LogP contribution in [0.5, 0.6) is 0 Å². The van der Waals surface area contributed by atoms with E-state index < -0.39 is 17.3 Å². The Balaban J connectivity index is 1.26. The molecule has 4 heterocycles. The smallest absolute Gasteiger partial charge is 0.314 e. The van der Waals surface area contributed by atoms with Crippen molar-refractivity contribution in [2.24, 2.45) is 5.92 Å². The largest absolute Gasteiger partial charge is 0.481 e. The number of hydrogen-bond acceptors (Lipinski definition) is 6. The summed E-state index contributed by atoms with van der Waals surface area (Å²) < 4.78 is 7.53. The van der Waals surface area contributed by atoms with Crippen LogP contribution in [0.25, 0.3) is 16.6 Å². The summed E-state index contributed by atoms with van der Waals surface area (Å²) in [4.78, 5) is 31.3. The molecule has 1 unspecified atom stereocenters. The van der Waals surface area contributed by atoms with E-state index in [1.165, 1.54) is 5.56 Å². The number of piperidine rings is 1. The van der Waals surface area contributed by atoms with Crippen LogP contribution in [0.4, 0.5) is 5.82 Å². The van der Waals surface area contributed by atoms with Crippen molar-refractivity contribution < 1.29 is 14.4 Å². The standard InChI is InChI=1S/C30H31ClN4O4/c1-16(2)25(28(37)38)23-15-24(33-39-23)34-12-10-17(11-13-34)18-8-9-21-19(14-18)30(3,4)29-32-27(36)26-20(31)6-5-7-22(26)35(21)29/h5-9,14-17,25H,10-13H2,1-4H3,(H,37,38). The van der Waals surface area contributed by atoms with Crippen molar-refractivity contribution in [1.82, 2.24) is 14.7 Å². The van der Waals surface area contributed by atoms with Gasteiger partial charge in [0.15, 0.2) is 11.6 Å². The second kappa shape index (κ2) is 9.23. The first-order valence-corrected chi connectivity index (χ1v) is 13.8. The molecule has 1 saturated heterocycles. The summed E-state index contributed by atoms with van der Waals surface area (Å²) in [6.45, 7) is 9.57. The Morgan fingerprint density at radius 2 is 1.90 bits per heavy atom. The van der Waals surface area contributed by atoms with Crippen LogP contribution in [0, 0.1) is 5.92 Å². The number of rotatable bonds is 5. The molecule has 8 nitrogen and oxygen atoms in total. The molecule has 0 spiro atoms. The van der Waals surface area contributed by atoms with Crippen LogP contribution in [-0.2, 0) is 10.2 Å². The Morgan fingerprint density at radius 1 is 1.15 bits per heavy atom. The van der Waals surface area contributed by atoms with Gasteiger partial charge in [-0.2, -0.15) is 4.98 Å². The molecule has 0 saturated carbocycles. The van der Waals surface area contributed by atoms with Crippen LogP contribution >= 0.6 is 11.6 Å². The van der Waals surface area contributed by atoms with E-state index in [2.05, 4.69) is 51.7 Å². The fourth-order valence-corrected chi connectivity index (χ4v) is 6.52. The summed E-state index contributed by atoms with van der Waals surface area (Å²) in [7, 11) is 0. The van der Waals surface area contributed by atoms with E-state index in [1.54, 1.807) is 12.1 Å². The molecule has 2 aliphatic heterocycles. The maximum atomic E-state index is 12.9. The molecule has 6 rings (SSSR count). The van der Waals surface area contributed by atoms with Crippen LogP contribution < -0.4 is 10.5 Å². The minimum atomic E-state index is -0.899. The Hall–Kier alpha value is -3.65. The fourth-order valence-electron chi connectivity index (χ4n) is 6.27. The maximum Gasteiger partial charge on any atom is 0.314 e. The molecular formula is C30H31ClN4O4. The Morgan fingerprint density at radius 3 is 2.59 bits per heavy atom. The second-order valence-electron chi connectivity index (χ2n) is 11.5. The van der Waals surface area contributed by atoms with Gasteiger partial charge in [-0.1, -0.05) is 48.8 Å². The summed E-state index contributed by atoms with van der Waals surface area (Å²) in [6.07, 6.45) is 1.88. The van der Waals surface area contributed by atoms with Gasteiger partial charge in [0.1, 0.15) is 11.7 Å². The van der Waals surface area contributed by atoms with Gasteiger partial charge in [0.25, 0.3) is 5.56 Å². The summed E-state index contributed by atoms with van der Waals surface area (Å²) >= 11 is 6.40. The van der Waals surface area contributed by atoms with Crippen molar-refractivity contribution in [3.63, 3.8) is 0 Å². The molecule has 2 aliphatic rings. The van der Waals surface area contributed by atoms with E-state index in [9.17, 15) is 14.7 Å². The van der Waals surface area contributed by atoms with Gasteiger partial charge in [0.2, 0.25) is 0 Å². The van der Waals surface area contributed by atoms with Crippen molar-refractivity contribution in [2.45, 2.75) is 57.8 Å². The van der Waals surface area contributed by atoms with E-state index in [0.29, 0.717) is 27.9 Å². The molecule has 202 valence electrons. The summed E-state index contributed by atoms with van der Waals surface area (Å²) in [6, 6.07) is 13.9. The fraction of sp³-hybridized carbons (Fsp3) is 0.400. The van der Waals surface area contributed by atoms with E-state index in [0.717, 1.165) is 48.5 Å². The third-order valence-electron chi connectivity index (χ3n) is 8.41. The Bertz CT molecular complexity index is 1660. The zero-order chi connectivity index (χ0) is 27.6. The summed E-state index contributed by atoms with van der Waals surface area (Å²) in [5.74, 6) is 0.502. The third kappa shape index (κ3) is 4.04. The molecular weight excluding hydrogens is 516 g/mol. The number of carboxylic acid groups (broad SMARTS) is 1. The quantitative estimate of drug-likeness (QED) is 0.334. The molecule has 0 bridgehead atoms. The first-order chi connectivity index (χ1) is 18.6. The normalized spacial score (nSPS) is 17.4. The van der Waals surface area contributed by atoms with Crippen LogP contribution in [0.15, 0.2) is 51.8 Å². The minimum Gasteiger partial charge on any atom is -0.481 e. The molecule has 2 aromatic carbocycles. The predicted molar refractivity (Wildman–Crippen MR) is 150 cm³/mol. The van der Waals surface area contributed by atoms with Crippen molar-refractivity contribution >= 4 is 34.3 Å². The highest BCUT2D eigenvalue weighted by molar-refractivity contribution is 6.35. The number of anilines is 1. The monoisotopic (exact) mass is 546 g/mol. The van der Waals surface area contributed by atoms with Crippen molar-refractivity contribution in [2.75, 3.05) is 18.0 Å². The van der Waals surface area contributed by atoms with Crippen LogP contribution in [-0.4, -0.2) is 38.9 Å². The van der Waals surface area contributed by atoms with Crippen molar-refractivity contribution in [1.29, 1.82) is 0 Å². The van der Waals surface area contributed by atoms with Crippen LogP contribution in [0.3, 0.4) is 0 Å². The predicted octanol–water partition coefficient (Wildman–Crippen LogP) is 5.87. The van der Waals surface area contributed by atoms with Crippen molar-refractivity contribution in [3.8, 4) is 5.69 Å². The van der Waals surface area contributed by atoms with E-state index in [4.69, 9.17) is 16.1 Å². The molecule has 39 heavy (non-hydrogen) atoms. The Labute approximate surface area is 231 Å². The topological polar surface area (TPSA) is 101 Å². The number of carbonyl (C=O) groups is 1. The highest BCUT2D eigenvalue weighted by Crippen LogP contribution is 2.45. The van der Waals surface area contributed by atoms with Crippen LogP contribution in [0.2, 0.25) is 5.02 Å². The van der Waals surface area contributed by atoms with Gasteiger partial charge >= 0.3 is 5.97 Å². The summed E-state index contributed by atoms with van der Waals surface area (Å²) in [5.41, 5.74) is 3.50. The number of aromatic nitrogens is 3. The molecule has 2 aromatic heterocycles. The molecule has 9 heteroatoms. The van der Waals surface area contributed by atoms with E-state index in [-0.39, 0.29) is 11.5 Å². The van der Waals surface area contributed by atoms with Gasteiger partial charge in [-0.25, -0.2) is 0 Å². The zero-order valence-corrected chi connectivity index (χ0v) is 23.2.